The van der Waals surface area contributed by atoms with Crippen molar-refractivity contribution in [2.45, 2.75) is 24.0 Å². The van der Waals surface area contributed by atoms with Crippen molar-refractivity contribution in [2.24, 2.45) is 0 Å². The minimum atomic E-state index is -0.702. The lowest BCUT2D eigenvalue weighted by molar-refractivity contribution is -0.783. The molecule has 4 nitrogen and oxygen atoms in total. The van der Waals surface area contributed by atoms with E-state index in [0.29, 0.717) is 11.3 Å². The molecule has 2 aliphatic rings. The number of nitrogens with zero attached hydrogens (tertiary/aromatic N) is 2. The van der Waals surface area contributed by atoms with Crippen molar-refractivity contribution in [3.05, 3.63) is 96.1 Å². The number of hydrogen-bond acceptors (Lipinski definition) is 3. The van der Waals surface area contributed by atoms with Gasteiger partial charge in [-0.05, 0) is 15.8 Å². The Hall–Kier alpha value is -3.40. The zero-order valence-corrected chi connectivity index (χ0v) is 15.2. The molecule has 1 aromatic heterocycles. The van der Waals surface area contributed by atoms with Gasteiger partial charge in [-0.3, -0.25) is 0 Å². The molecule has 0 amide bonds. The van der Waals surface area contributed by atoms with E-state index in [1.807, 2.05) is 65.3 Å². The van der Waals surface area contributed by atoms with Gasteiger partial charge in [0.25, 0.3) is 0 Å². The Morgan fingerprint density at radius 1 is 0.750 bits per heavy atom. The van der Waals surface area contributed by atoms with Crippen LogP contribution in [0, 0.1) is 0 Å². The van der Waals surface area contributed by atoms with Crippen molar-refractivity contribution in [3.63, 3.8) is 0 Å². The van der Waals surface area contributed by atoms with Crippen molar-refractivity contribution in [2.75, 3.05) is 0 Å². The predicted molar refractivity (Wildman–Crippen MR) is 103 cm³/mol. The van der Waals surface area contributed by atoms with Crippen LogP contribution in [-0.4, -0.2) is 5.10 Å². The van der Waals surface area contributed by atoms with Crippen molar-refractivity contribution in [3.8, 4) is 11.8 Å². The summed E-state index contributed by atoms with van der Waals surface area (Å²) in [5.74, 6) is 0.478. The third kappa shape index (κ3) is 1.80. The molecule has 0 N–H and O–H groups in total. The molecule has 1 aliphatic carbocycles. The SMILES string of the molecule is [O-]c1n[n+]2c(c3ccccc13)OC(c1ccccc1)(c1ccccc1)C21CC1. The van der Waals surface area contributed by atoms with E-state index in [9.17, 15) is 5.11 Å². The molecule has 0 saturated heterocycles. The summed E-state index contributed by atoms with van der Waals surface area (Å²) >= 11 is 0. The molecule has 0 bridgehead atoms. The Kier molecular flexibility index (Phi) is 2.97. The highest BCUT2D eigenvalue weighted by Gasteiger charge is 2.78. The largest absolute Gasteiger partial charge is 0.854 e. The van der Waals surface area contributed by atoms with Gasteiger partial charge in [0.2, 0.25) is 11.1 Å². The molecule has 4 heteroatoms. The van der Waals surface area contributed by atoms with Crippen LogP contribution in [0.4, 0.5) is 0 Å². The quantitative estimate of drug-likeness (QED) is 0.511. The number of fused-ring (bicyclic) bond motifs is 4. The van der Waals surface area contributed by atoms with E-state index < -0.39 is 5.60 Å². The molecule has 1 spiro atoms. The number of rotatable bonds is 2. The second-order valence-electron chi connectivity index (χ2n) is 7.61. The van der Waals surface area contributed by atoms with Crippen LogP contribution >= 0.6 is 0 Å². The van der Waals surface area contributed by atoms with E-state index in [1.54, 1.807) is 0 Å². The van der Waals surface area contributed by atoms with Gasteiger partial charge in [0, 0.05) is 29.4 Å². The molecule has 6 rings (SSSR count). The molecule has 4 aromatic rings. The molecule has 3 aromatic carbocycles. The van der Waals surface area contributed by atoms with E-state index in [1.165, 1.54) is 0 Å². The molecule has 1 fully saturated rings. The van der Waals surface area contributed by atoms with Gasteiger partial charge in [-0.1, -0.05) is 78.9 Å². The van der Waals surface area contributed by atoms with Gasteiger partial charge in [-0.25, -0.2) is 0 Å². The van der Waals surface area contributed by atoms with E-state index in [4.69, 9.17) is 4.74 Å². The zero-order chi connectivity index (χ0) is 18.8. The molecular formula is C24H18N2O2. The standard InChI is InChI=1S/C24H18N2O2/c27-21-19-13-7-8-14-20(19)22-26(25-21)23(15-16-23)24(28-22,17-9-3-1-4-10-17)18-11-5-2-6-12-18/h1-14H,15-16H2. The van der Waals surface area contributed by atoms with E-state index in [2.05, 4.69) is 29.4 Å². The molecule has 0 radical (unpaired) electrons. The normalized spacial score (nSPS) is 18.0. The van der Waals surface area contributed by atoms with Gasteiger partial charge in [-0.15, -0.1) is 0 Å². The number of aromatic nitrogens is 2. The zero-order valence-electron chi connectivity index (χ0n) is 15.2. The van der Waals surface area contributed by atoms with E-state index in [0.717, 1.165) is 29.4 Å². The number of benzene rings is 3. The molecule has 0 atom stereocenters. The maximum atomic E-state index is 12.8. The first-order valence-electron chi connectivity index (χ1n) is 9.59. The van der Waals surface area contributed by atoms with Crippen molar-refractivity contribution < 1.29 is 14.5 Å². The third-order valence-electron chi connectivity index (χ3n) is 6.17. The first-order chi connectivity index (χ1) is 13.8. The topological polar surface area (TPSA) is 49.1 Å². The fraction of sp³-hybridized carbons (Fsp3) is 0.167. The van der Waals surface area contributed by atoms with Crippen LogP contribution in [0.1, 0.15) is 24.0 Å². The summed E-state index contributed by atoms with van der Waals surface area (Å²) in [7, 11) is 0. The molecule has 1 saturated carbocycles. The number of ether oxygens (including phenoxy) is 1. The molecular weight excluding hydrogens is 348 g/mol. The number of hydrogen-bond donors (Lipinski definition) is 0. The maximum absolute atomic E-state index is 12.8. The predicted octanol–water partition coefficient (Wildman–Crippen LogP) is 3.42. The Balaban J connectivity index is 1.71. The van der Waals surface area contributed by atoms with Crippen LogP contribution in [0.5, 0.6) is 11.8 Å². The molecule has 2 heterocycles. The highest BCUT2D eigenvalue weighted by Crippen LogP contribution is 2.61. The van der Waals surface area contributed by atoms with Crippen LogP contribution < -0.4 is 14.5 Å². The fourth-order valence-electron chi connectivity index (χ4n) is 4.79. The summed E-state index contributed by atoms with van der Waals surface area (Å²) in [5, 5.41) is 18.7. The molecule has 28 heavy (non-hydrogen) atoms. The van der Waals surface area contributed by atoms with Crippen LogP contribution in [0.25, 0.3) is 10.8 Å². The van der Waals surface area contributed by atoms with Gasteiger partial charge in [0.1, 0.15) is 0 Å². The first-order valence-corrected chi connectivity index (χ1v) is 9.59. The van der Waals surface area contributed by atoms with Crippen LogP contribution in [-0.2, 0) is 11.1 Å². The van der Waals surface area contributed by atoms with Crippen molar-refractivity contribution >= 4 is 10.8 Å². The Labute approximate surface area is 162 Å². The van der Waals surface area contributed by atoms with Crippen LogP contribution in [0.2, 0.25) is 0 Å². The Morgan fingerprint density at radius 2 is 1.29 bits per heavy atom. The average Bonchev–Trinajstić information content (AvgIpc) is 3.51. The average molecular weight is 366 g/mol. The second kappa shape index (κ2) is 5.32. The first kappa shape index (κ1) is 15.6. The maximum Gasteiger partial charge on any atom is 0.403 e. The minimum absolute atomic E-state index is 0.203. The van der Waals surface area contributed by atoms with Gasteiger partial charge >= 0.3 is 5.88 Å². The monoisotopic (exact) mass is 366 g/mol. The lowest BCUT2D eigenvalue weighted by Gasteiger charge is -2.30. The van der Waals surface area contributed by atoms with Crippen LogP contribution in [0.3, 0.4) is 0 Å². The summed E-state index contributed by atoms with van der Waals surface area (Å²) in [5.41, 5.74) is 1.08. The molecule has 136 valence electrons. The molecule has 1 aliphatic heterocycles. The van der Waals surface area contributed by atoms with Gasteiger partial charge < -0.3 is 9.84 Å². The van der Waals surface area contributed by atoms with E-state index >= 15 is 0 Å². The second-order valence-corrected chi connectivity index (χ2v) is 7.61. The summed E-state index contributed by atoms with van der Waals surface area (Å²) in [6.45, 7) is 0. The Bertz CT molecular complexity index is 1160. The summed E-state index contributed by atoms with van der Waals surface area (Å²) in [4.78, 5) is 0. The minimum Gasteiger partial charge on any atom is -0.854 e. The summed E-state index contributed by atoms with van der Waals surface area (Å²) in [6, 6.07) is 28.2. The van der Waals surface area contributed by atoms with Gasteiger partial charge in [-0.2, -0.15) is 0 Å². The lowest BCUT2D eigenvalue weighted by Crippen LogP contribution is -2.56. The lowest BCUT2D eigenvalue weighted by atomic mass is 9.78. The van der Waals surface area contributed by atoms with Crippen molar-refractivity contribution in [1.82, 2.24) is 5.10 Å². The van der Waals surface area contributed by atoms with Crippen LogP contribution in [0.15, 0.2) is 84.9 Å². The highest BCUT2D eigenvalue weighted by atomic mass is 16.5. The third-order valence-corrected chi connectivity index (χ3v) is 6.17. The fourth-order valence-corrected chi connectivity index (χ4v) is 4.79. The highest BCUT2D eigenvalue weighted by molar-refractivity contribution is 5.89. The smallest absolute Gasteiger partial charge is 0.403 e. The van der Waals surface area contributed by atoms with Crippen molar-refractivity contribution in [1.29, 1.82) is 0 Å². The molecule has 0 unspecified atom stereocenters. The van der Waals surface area contributed by atoms with E-state index in [-0.39, 0.29) is 11.4 Å². The Morgan fingerprint density at radius 3 is 1.86 bits per heavy atom. The summed E-state index contributed by atoms with van der Waals surface area (Å²) < 4.78 is 8.75. The van der Waals surface area contributed by atoms with Gasteiger partial charge in [0.05, 0.1) is 11.3 Å². The summed E-state index contributed by atoms with van der Waals surface area (Å²) in [6.07, 6.45) is 1.83. The van der Waals surface area contributed by atoms with Gasteiger partial charge in [0.15, 0.2) is 0 Å².